The van der Waals surface area contributed by atoms with Crippen LogP contribution in [0.4, 0.5) is 10.7 Å². The van der Waals surface area contributed by atoms with Crippen LogP contribution in [-0.4, -0.2) is 78.8 Å². The van der Waals surface area contributed by atoms with Crippen molar-refractivity contribution in [2.24, 2.45) is 0 Å². The largest absolute Gasteiger partial charge is 0.376 e. The van der Waals surface area contributed by atoms with Gasteiger partial charge in [0.1, 0.15) is 0 Å². The number of rotatable bonds is 5. The van der Waals surface area contributed by atoms with Crippen LogP contribution in [0.2, 0.25) is 0 Å². The van der Waals surface area contributed by atoms with Crippen LogP contribution in [0.1, 0.15) is 12.8 Å². The summed E-state index contributed by atoms with van der Waals surface area (Å²) in [5.74, 6) is 0.483. The van der Waals surface area contributed by atoms with Crippen LogP contribution in [0.25, 0.3) is 0 Å². The number of aromatic nitrogens is 2. The molecule has 0 aromatic carbocycles. The fourth-order valence-corrected chi connectivity index (χ4v) is 2.93. The quantitative estimate of drug-likeness (QED) is 0.751. The third-order valence-electron chi connectivity index (χ3n) is 4.35. The minimum atomic E-state index is -0.221. The van der Waals surface area contributed by atoms with E-state index in [1.54, 1.807) is 23.4 Å². The highest BCUT2D eigenvalue weighted by atomic mass is 16.5. The summed E-state index contributed by atoms with van der Waals surface area (Å²) in [4.78, 5) is 36.1. The summed E-state index contributed by atoms with van der Waals surface area (Å²) < 4.78 is 5.45. The van der Waals surface area contributed by atoms with Crippen molar-refractivity contribution in [3.05, 3.63) is 18.5 Å². The number of piperazine rings is 1. The van der Waals surface area contributed by atoms with E-state index in [1.165, 1.54) is 0 Å². The number of amides is 3. The maximum absolute atomic E-state index is 12.2. The van der Waals surface area contributed by atoms with Gasteiger partial charge in [-0.1, -0.05) is 0 Å². The smallest absolute Gasteiger partial charge is 0.317 e. The number of nitrogens with one attached hydrogen (secondary N) is 2. The first kappa shape index (κ1) is 17.4. The van der Waals surface area contributed by atoms with Crippen molar-refractivity contribution in [3.8, 4) is 0 Å². The van der Waals surface area contributed by atoms with E-state index in [0.29, 0.717) is 38.7 Å². The van der Waals surface area contributed by atoms with Crippen LogP contribution in [0, 0.1) is 0 Å². The number of carbonyl (C=O) groups is 2. The highest BCUT2D eigenvalue weighted by Gasteiger charge is 2.23. The molecule has 0 radical (unpaired) electrons. The molecule has 2 aliphatic heterocycles. The van der Waals surface area contributed by atoms with E-state index in [2.05, 4.69) is 20.6 Å². The molecule has 2 fully saturated rings. The van der Waals surface area contributed by atoms with Crippen LogP contribution in [-0.2, 0) is 9.53 Å². The summed E-state index contributed by atoms with van der Waals surface area (Å²) in [6.07, 6.45) is 5.53. The summed E-state index contributed by atoms with van der Waals surface area (Å²) in [6, 6.07) is 1.55. The van der Waals surface area contributed by atoms with Gasteiger partial charge in [-0.15, -0.1) is 0 Å². The third-order valence-corrected chi connectivity index (χ3v) is 4.35. The Bertz CT molecular complexity index is 570. The summed E-state index contributed by atoms with van der Waals surface area (Å²) in [6.45, 7) is 3.73. The van der Waals surface area contributed by atoms with Crippen molar-refractivity contribution in [1.82, 2.24) is 25.5 Å². The summed E-state index contributed by atoms with van der Waals surface area (Å²) in [5, 5.41) is 5.46. The molecule has 2 saturated heterocycles. The Morgan fingerprint density at radius 1 is 1.16 bits per heavy atom. The molecule has 2 aliphatic rings. The molecule has 136 valence electrons. The predicted molar refractivity (Wildman–Crippen MR) is 91.2 cm³/mol. The molecule has 2 N–H and O–H groups in total. The fraction of sp³-hybridized carbons (Fsp3) is 0.625. The maximum atomic E-state index is 12.2. The lowest BCUT2D eigenvalue weighted by Crippen LogP contribution is -2.53. The highest BCUT2D eigenvalue weighted by molar-refractivity contribution is 5.84. The second-order valence-electron chi connectivity index (χ2n) is 6.12. The van der Waals surface area contributed by atoms with Crippen molar-refractivity contribution in [3.63, 3.8) is 0 Å². The Morgan fingerprint density at radius 2 is 1.92 bits per heavy atom. The van der Waals surface area contributed by atoms with Gasteiger partial charge in [0.2, 0.25) is 11.9 Å². The van der Waals surface area contributed by atoms with Gasteiger partial charge in [0.25, 0.3) is 0 Å². The molecular weight excluding hydrogens is 324 g/mol. The van der Waals surface area contributed by atoms with Gasteiger partial charge >= 0.3 is 6.03 Å². The lowest BCUT2D eigenvalue weighted by Gasteiger charge is -2.34. The third kappa shape index (κ3) is 5.02. The summed E-state index contributed by atoms with van der Waals surface area (Å²) >= 11 is 0. The zero-order valence-corrected chi connectivity index (χ0v) is 14.2. The Kier molecular flexibility index (Phi) is 5.99. The second kappa shape index (κ2) is 8.61. The van der Waals surface area contributed by atoms with Gasteiger partial charge < -0.3 is 25.2 Å². The van der Waals surface area contributed by atoms with E-state index in [9.17, 15) is 9.59 Å². The van der Waals surface area contributed by atoms with E-state index < -0.39 is 0 Å². The molecule has 0 spiro atoms. The Hall–Kier alpha value is -2.42. The molecule has 3 amide bonds. The lowest BCUT2D eigenvalue weighted by molar-refractivity contribution is -0.120. The molecule has 9 heteroatoms. The van der Waals surface area contributed by atoms with Gasteiger partial charge in [-0.2, -0.15) is 0 Å². The van der Waals surface area contributed by atoms with Crippen molar-refractivity contribution in [1.29, 1.82) is 0 Å². The van der Waals surface area contributed by atoms with Gasteiger partial charge in [0.05, 0.1) is 12.6 Å². The zero-order chi connectivity index (χ0) is 17.5. The molecule has 9 nitrogen and oxygen atoms in total. The fourth-order valence-electron chi connectivity index (χ4n) is 2.93. The monoisotopic (exact) mass is 348 g/mol. The van der Waals surface area contributed by atoms with Gasteiger partial charge in [-0.05, 0) is 18.9 Å². The molecule has 0 saturated carbocycles. The highest BCUT2D eigenvalue weighted by Crippen LogP contribution is 2.11. The number of nitrogens with zero attached hydrogens (tertiary/aromatic N) is 4. The maximum Gasteiger partial charge on any atom is 0.317 e. The number of ether oxygens (including phenoxy) is 1. The van der Waals surface area contributed by atoms with Crippen molar-refractivity contribution >= 4 is 17.9 Å². The first-order chi connectivity index (χ1) is 12.2. The number of anilines is 1. The molecule has 1 aromatic rings. The number of urea groups is 1. The first-order valence-corrected chi connectivity index (χ1v) is 8.65. The number of hydrogen-bond acceptors (Lipinski definition) is 6. The summed E-state index contributed by atoms with van der Waals surface area (Å²) in [5.41, 5.74) is 0. The standard InChI is InChI=1S/C16H24N6O3/c23-14(19-11-13-3-1-10-25-13)12-20-16(24)22-8-6-21(7-9-22)15-17-4-2-5-18-15/h2,4-5,13H,1,3,6-12H2,(H,19,23)(H,20,24)/t13-/m0/s1. The Balaban J connectivity index is 1.34. The number of hydrogen-bond donors (Lipinski definition) is 2. The molecule has 0 aliphatic carbocycles. The molecule has 3 heterocycles. The first-order valence-electron chi connectivity index (χ1n) is 8.65. The van der Waals surface area contributed by atoms with Crippen LogP contribution >= 0.6 is 0 Å². The van der Waals surface area contributed by atoms with E-state index in [1.807, 2.05) is 4.90 Å². The lowest BCUT2D eigenvalue weighted by atomic mass is 10.2. The van der Waals surface area contributed by atoms with Gasteiger partial charge in [0, 0.05) is 51.7 Å². The van der Waals surface area contributed by atoms with E-state index in [4.69, 9.17) is 4.74 Å². The minimum absolute atomic E-state index is 0.0203. The van der Waals surface area contributed by atoms with E-state index in [-0.39, 0.29) is 24.6 Å². The SMILES string of the molecule is O=C(CNC(=O)N1CCN(c2ncccn2)CC1)NC[C@@H]1CCCO1. The van der Waals surface area contributed by atoms with Gasteiger partial charge in [-0.3, -0.25) is 4.79 Å². The van der Waals surface area contributed by atoms with E-state index >= 15 is 0 Å². The second-order valence-corrected chi connectivity index (χ2v) is 6.12. The summed E-state index contributed by atoms with van der Waals surface area (Å²) in [7, 11) is 0. The average Bonchev–Trinajstić information content (AvgIpc) is 3.19. The van der Waals surface area contributed by atoms with Crippen molar-refractivity contribution in [2.45, 2.75) is 18.9 Å². The van der Waals surface area contributed by atoms with Crippen LogP contribution in [0.3, 0.4) is 0 Å². The van der Waals surface area contributed by atoms with Crippen LogP contribution < -0.4 is 15.5 Å². The molecule has 1 atom stereocenters. The molecule has 25 heavy (non-hydrogen) atoms. The topological polar surface area (TPSA) is 99.7 Å². The van der Waals surface area contributed by atoms with Crippen LogP contribution in [0.15, 0.2) is 18.5 Å². The van der Waals surface area contributed by atoms with E-state index in [0.717, 1.165) is 19.4 Å². The molecule has 3 rings (SSSR count). The number of carbonyl (C=O) groups excluding carboxylic acids is 2. The Morgan fingerprint density at radius 3 is 2.60 bits per heavy atom. The molecular formula is C16H24N6O3. The van der Waals surface area contributed by atoms with Crippen LogP contribution in [0.5, 0.6) is 0 Å². The average molecular weight is 348 g/mol. The van der Waals surface area contributed by atoms with Crippen molar-refractivity contribution in [2.75, 3.05) is 50.8 Å². The zero-order valence-electron chi connectivity index (χ0n) is 14.2. The van der Waals surface area contributed by atoms with Crippen molar-refractivity contribution < 1.29 is 14.3 Å². The Labute approximate surface area is 146 Å². The van der Waals surface area contributed by atoms with Gasteiger partial charge in [-0.25, -0.2) is 14.8 Å². The predicted octanol–water partition coefficient (Wildman–Crippen LogP) is -0.397. The molecule has 0 unspecified atom stereocenters. The molecule has 1 aromatic heterocycles. The minimum Gasteiger partial charge on any atom is -0.376 e. The molecule has 0 bridgehead atoms. The van der Waals surface area contributed by atoms with Gasteiger partial charge in [0.15, 0.2) is 0 Å². The normalized spacial score (nSPS) is 20.4.